The number of carbonyl (C=O) groups excluding carboxylic acids is 3. The number of ether oxygens (including phenoxy) is 3. The highest BCUT2D eigenvalue weighted by molar-refractivity contribution is 6.22. The second-order valence-corrected chi connectivity index (χ2v) is 8.75. The van der Waals surface area contributed by atoms with Crippen LogP contribution in [0.2, 0.25) is 0 Å². The molecule has 0 aliphatic carbocycles. The molecule has 5 rings (SSSR count). The first-order valence-corrected chi connectivity index (χ1v) is 12.1. The Morgan fingerprint density at radius 2 is 1.76 bits per heavy atom. The molecular formula is C28H27N3O6. The van der Waals surface area contributed by atoms with Crippen molar-refractivity contribution >= 4 is 29.2 Å². The smallest absolute Gasteiger partial charge is 0.332 e. The van der Waals surface area contributed by atoms with Crippen molar-refractivity contribution in [3.8, 4) is 17.2 Å². The molecule has 9 nitrogen and oxygen atoms in total. The van der Waals surface area contributed by atoms with Crippen LogP contribution in [0.4, 0.5) is 16.2 Å². The van der Waals surface area contributed by atoms with Crippen LogP contribution < -0.4 is 24.4 Å². The largest absolute Gasteiger partial charge is 0.494 e. The Labute approximate surface area is 214 Å². The van der Waals surface area contributed by atoms with Gasteiger partial charge in [-0.25, -0.2) is 9.69 Å². The molecule has 1 N–H and O–H groups in total. The molecular weight excluding hydrogens is 474 g/mol. The van der Waals surface area contributed by atoms with Crippen molar-refractivity contribution in [2.24, 2.45) is 0 Å². The van der Waals surface area contributed by atoms with Crippen LogP contribution in [0.15, 0.2) is 72.8 Å². The third-order valence-corrected chi connectivity index (χ3v) is 6.11. The lowest BCUT2D eigenvalue weighted by atomic mass is 10.1. The molecule has 0 radical (unpaired) electrons. The highest BCUT2D eigenvalue weighted by atomic mass is 16.7. The number of nitrogens with zero attached hydrogens (tertiary/aromatic N) is 2. The molecule has 3 aromatic carbocycles. The molecule has 190 valence electrons. The predicted molar refractivity (Wildman–Crippen MR) is 137 cm³/mol. The molecule has 2 aliphatic rings. The van der Waals surface area contributed by atoms with Crippen LogP contribution in [0.1, 0.15) is 25.3 Å². The van der Waals surface area contributed by atoms with E-state index in [-0.39, 0.29) is 25.7 Å². The summed E-state index contributed by atoms with van der Waals surface area (Å²) in [4.78, 5) is 42.5. The van der Waals surface area contributed by atoms with E-state index in [0.717, 1.165) is 16.9 Å². The summed E-state index contributed by atoms with van der Waals surface area (Å²) in [5.41, 5.74) is 1.79. The lowest BCUT2D eigenvalue weighted by Crippen LogP contribution is -2.37. The monoisotopic (exact) mass is 501 g/mol. The molecule has 0 aromatic heterocycles. The Balaban J connectivity index is 1.35. The van der Waals surface area contributed by atoms with Gasteiger partial charge in [0.2, 0.25) is 12.7 Å². The zero-order valence-electron chi connectivity index (χ0n) is 20.4. The van der Waals surface area contributed by atoms with Gasteiger partial charge in [0.1, 0.15) is 11.8 Å². The zero-order chi connectivity index (χ0) is 25.8. The van der Waals surface area contributed by atoms with Gasteiger partial charge in [0, 0.05) is 12.2 Å². The first-order valence-electron chi connectivity index (χ1n) is 12.1. The third-order valence-electron chi connectivity index (χ3n) is 6.11. The van der Waals surface area contributed by atoms with Crippen LogP contribution in [0.25, 0.3) is 0 Å². The molecule has 1 saturated heterocycles. The lowest BCUT2D eigenvalue weighted by Gasteiger charge is -2.22. The van der Waals surface area contributed by atoms with Gasteiger partial charge >= 0.3 is 6.03 Å². The first kappa shape index (κ1) is 24.2. The van der Waals surface area contributed by atoms with Crippen molar-refractivity contribution in [2.75, 3.05) is 23.6 Å². The van der Waals surface area contributed by atoms with Crippen molar-refractivity contribution in [1.82, 2.24) is 4.90 Å². The fourth-order valence-electron chi connectivity index (χ4n) is 4.31. The standard InChI is InChI=1S/C28H27N3O6/c1-2-14-35-22-11-9-20(10-12-22)29-26(32)16-23-27(33)31(21-6-4-3-5-7-21)28(34)30(23)17-19-8-13-24-25(15-19)37-18-36-24/h3-13,15,23H,2,14,16-18H2,1H3,(H,29,32)/t23-/m0/s1. The number of benzene rings is 3. The zero-order valence-corrected chi connectivity index (χ0v) is 20.4. The molecule has 0 bridgehead atoms. The van der Waals surface area contributed by atoms with Crippen LogP contribution in [-0.2, 0) is 16.1 Å². The Bertz CT molecular complexity index is 1300. The number of rotatable bonds is 9. The minimum absolute atomic E-state index is 0.131. The summed E-state index contributed by atoms with van der Waals surface area (Å²) < 4.78 is 16.4. The van der Waals surface area contributed by atoms with Crippen LogP contribution in [0, 0.1) is 0 Å². The Kier molecular flexibility index (Phi) is 6.93. The van der Waals surface area contributed by atoms with Crippen molar-refractivity contribution in [2.45, 2.75) is 32.4 Å². The van der Waals surface area contributed by atoms with Gasteiger partial charge in [-0.1, -0.05) is 31.2 Å². The molecule has 4 amide bonds. The van der Waals surface area contributed by atoms with Gasteiger partial charge in [0.05, 0.1) is 18.7 Å². The molecule has 0 saturated carbocycles. The number of anilines is 2. The molecule has 1 atom stereocenters. The predicted octanol–water partition coefficient (Wildman–Crippen LogP) is 4.57. The summed E-state index contributed by atoms with van der Waals surface area (Å²) >= 11 is 0. The second kappa shape index (κ2) is 10.6. The number of amides is 4. The van der Waals surface area contributed by atoms with E-state index in [1.54, 1.807) is 60.7 Å². The van der Waals surface area contributed by atoms with Gasteiger partial charge in [-0.05, 0) is 60.5 Å². The van der Waals surface area contributed by atoms with Crippen molar-refractivity contribution in [3.63, 3.8) is 0 Å². The Morgan fingerprint density at radius 1 is 1.00 bits per heavy atom. The Morgan fingerprint density at radius 3 is 2.51 bits per heavy atom. The normalized spacial score (nSPS) is 16.3. The summed E-state index contributed by atoms with van der Waals surface area (Å²) in [6.07, 6.45) is 0.710. The summed E-state index contributed by atoms with van der Waals surface area (Å²) in [6, 6.07) is 19.7. The maximum atomic E-state index is 13.5. The Hall–Kier alpha value is -4.53. The SMILES string of the molecule is CCCOc1ccc(NC(=O)C[C@H]2C(=O)N(c3ccccc3)C(=O)N2Cc2ccc3c(c2)OCO3)cc1. The quantitative estimate of drug-likeness (QED) is 0.432. The van der Waals surface area contributed by atoms with E-state index in [1.807, 2.05) is 19.1 Å². The van der Waals surface area contributed by atoms with Gasteiger partial charge in [0.25, 0.3) is 5.91 Å². The molecule has 9 heteroatoms. The second-order valence-electron chi connectivity index (χ2n) is 8.75. The number of para-hydroxylation sites is 1. The number of fused-ring (bicyclic) bond motifs is 1. The molecule has 2 heterocycles. The van der Waals surface area contributed by atoms with Crippen molar-refractivity contribution in [3.05, 3.63) is 78.4 Å². The summed E-state index contributed by atoms with van der Waals surface area (Å²) in [6.45, 7) is 2.90. The fraction of sp³-hybridized carbons (Fsp3) is 0.250. The summed E-state index contributed by atoms with van der Waals surface area (Å²) in [7, 11) is 0. The summed E-state index contributed by atoms with van der Waals surface area (Å²) in [5, 5.41) is 2.82. The van der Waals surface area contributed by atoms with Gasteiger partial charge in [-0.15, -0.1) is 0 Å². The molecule has 1 fully saturated rings. The number of hydrogen-bond acceptors (Lipinski definition) is 6. The fourth-order valence-corrected chi connectivity index (χ4v) is 4.31. The average molecular weight is 502 g/mol. The van der Waals surface area contributed by atoms with Crippen LogP contribution >= 0.6 is 0 Å². The number of hydrogen-bond donors (Lipinski definition) is 1. The van der Waals surface area contributed by atoms with E-state index in [0.29, 0.717) is 35.2 Å². The minimum atomic E-state index is -0.967. The van der Waals surface area contributed by atoms with Crippen molar-refractivity contribution in [1.29, 1.82) is 0 Å². The number of nitrogens with one attached hydrogen (secondary N) is 1. The van der Waals surface area contributed by atoms with Crippen LogP contribution in [0.5, 0.6) is 17.2 Å². The topological polar surface area (TPSA) is 97.4 Å². The van der Waals surface area contributed by atoms with Gasteiger partial charge < -0.3 is 24.4 Å². The first-order chi connectivity index (χ1) is 18.0. The maximum absolute atomic E-state index is 13.5. The molecule has 2 aliphatic heterocycles. The average Bonchev–Trinajstić information content (AvgIpc) is 3.47. The number of urea groups is 1. The number of carbonyl (C=O) groups is 3. The van der Waals surface area contributed by atoms with Gasteiger partial charge in [0.15, 0.2) is 11.5 Å². The van der Waals surface area contributed by atoms with Crippen molar-refractivity contribution < 1.29 is 28.6 Å². The van der Waals surface area contributed by atoms with Crippen LogP contribution in [0.3, 0.4) is 0 Å². The van der Waals surface area contributed by atoms with Crippen LogP contribution in [-0.4, -0.2) is 42.2 Å². The molecule has 37 heavy (non-hydrogen) atoms. The van der Waals surface area contributed by atoms with E-state index >= 15 is 0 Å². The minimum Gasteiger partial charge on any atom is -0.494 e. The highest BCUT2D eigenvalue weighted by Crippen LogP contribution is 2.34. The van der Waals surface area contributed by atoms with E-state index in [1.165, 1.54) is 4.90 Å². The highest BCUT2D eigenvalue weighted by Gasteiger charge is 2.46. The molecule has 0 spiro atoms. The molecule has 0 unspecified atom stereocenters. The summed E-state index contributed by atoms with van der Waals surface area (Å²) in [5.74, 6) is 1.09. The van der Waals surface area contributed by atoms with Gasteiger partial charge in [-0.3, -0.25) is 9.59 Å². The molecule has 3 aromatic rings. The van der Waals surface area contributed by atoms with E-state index in [2.05, 4.69) is 5.32 Å². The maximum Gasteiger partial charge on any atom is 0.332 e. The van der Waals surface area contributed by atoms with Gasteiger partial charge in [-0.2, -0.15) is 0 Å². The van der Waals surface area contributed by atoms with E-state index in [9.17, 15) is 14.4 Å². The third kappa shape index (κ3) is 5.20. The lowest BCUT2D eigenvalue weighted by molar-refractivity contribution is -0.124. The van der Waals surface area contributed by atoms with E-state index in [4.69, 9.17) is 14.2 Å². The number of imide groups is 1. The van der Waals surface area contributed by atoms with E-state index < -0.39 is 18.0 Å².